The van der Waals surface area contributed by atoms with Gasteiger partial charge >= 0.3 is 5.97 Å². The first-order chi connectivity index (χ1) is 11.0. The molecule has 0 aliphatic rings. The Morgan fingerprint density at radius 2 is 1.87 bits per heavy atom. The van der Waals surface area contributed by atoms with Gasteiger partial charge in [0.05, 0.1) is 5.56 Å². The monoisotopic (exact) mass is 331 g/mol. The Kier molecular flexibility index (Phi) is 5.77. The zero-order chi connectivity index (χ0) is 16.8. The van der Waals surface area contributed by atoms with Gasteiger partial charge in [-0.05, 0) is 24.3 Å². The van der Waals surface area contributed by atoms with Crippen molar-refractivity contribution in [3.05, 3.63) is 64.7 Å². The predicted octanol–water partition coefficient (Wildman–Crippen LogP) is 4.29. The summed E-state index contributed by atoms with van der Waals surface area (Å²) in [5, 5.41) is 3.31. The average Bonchev–Trinajstić information content (AvgIpc) is 2.54. The molecule has 120 valence electrons. The van der Waals surface area contributed by atoms with Gasteiger partial charge in [-0.25, -0.2) is 4.79 Å². The van der Waals surface area contributed by atoms with Gasteiger partial charge in [0.2, 0.25) is 5.91 Å². The van der Waals surface area contributed by atoms with Crippen LogP contribution in [0.25, 0.3) is 0 Å². The normalized spacial score (nSPS) is 10.4. The fourth-order valence-corrected chi connectivity index (χ4v) is 2.04. The highest BCUT2D eigenvalue weighted by Crippen LogP contribution is 2.17. The van der Waals surface area contributed by atoms with Crippen LogP contribution in [0.4, 0.5) is 5.69 Å². The Hall–Kier alpha value is -2.33. The maximum atomic E-state index is 12.1. The quantitative estimate of drug-likeness (QED) is 0.831. The lowest BCUT2D eigenvalue weighted by atomic mass is 10.1. The van der Waals surface area contributed by atoms with E-state index in [9.17, 15) is 9.59 Å². The van der Waals surface area contributed by atoms with Crippen molar-refractivity contribution in [2.45, 2.75) is 20.5 Å². The third kappa shape index (κ3) is 4.83. The van der Waals surface area contributed by atoms with Gasteiger partial charge in [-0.2, -0.15) is 0 Å². The maximum absolute atomic E-state index is 12.1. The minimum Gasteiger partial charge on any atom is -0.457 e. The molecule has 0 fully saturated rings. The smallest absolute Gasteiger partial charge is 0.338 e. The Balaban J connectivity index is 2.02. The molecule has 0 atom stereocenters. The molecular formula is C18H18ClNO3. The standard InChI is InChI=1S/C18H18ClNO3/c1-12(2)17(21)20-15-8-5-7-13(10-15)18(22)23-11-14-6-3-4-9-16(14)19/h3-10,12H,11H2,1-2H3,(H,20,21). The van der Waals surface area contributed by atoms with Gasteiger partial charge in [0.25, 0.3) is 0 Å². The second kappa shape index (κ2) is 7.79. The van der Waals surface area contributed by atoms with E-state index in [0.29, 0.717) is 16.3 Å². The van der Waals surface area contributed by atoms with Crippen molar-refractivity contribution in [2.75, 3.05) is 5.32 Å². The topological polar surface area (TPSA) is 55.4 Å². The van der Waals surface area contributed by atoms with Crippen LogP contribution in [0.15, 0.2) is 48.5 Å². The molecule has 4 nitrogen and oxygen atoms in total. The molecule has 1 N–H and O–H groups in total. The first-order valence-electron chi connectivity index (χ1n) is 7.29. The van der Waals surface area contributed by atoms with Gasteiger partial charge in [0, 0.05) is 22.2 Å². The van der Waals surface area contributed by atoms with Crippen LogP contribution in [-0.2, 0) is 16.1 Å². The lowest BCUT2D eigenvalue weighted by Crippen LogP contribution is -2.18. The Morgan fingerprint density at radius 3 is 2.57 bits per heavy atom. The molecule has 23 heavy (non-hydrogen) atoms. The molecule has 0 saturated carbocycles. The van der Waals surface area contributed by atoms with Gasteiger partial charge in [-0.3, -0.25) is 4.79 Å². The number of carbonyl (C=O) groups is 2. The van der Waals surface area contributed by atoms with Gasteiger partial charge in [0.15, 0.2) is 0 Å². The van der Waals surface area contributed by atoms with E-state index in [0.717, 1.165) is 5.56 Å². The van der Waals surface area contributed by atoms with Crippen molar-refractivity contribution in [3.63, 3.8) is 0 Å². The molecule has 1 amide bonds. The number of ether oxygens (including phenoxy) is 1. The molecule has 0 saturated heterocycles. The second-order valence-electron chi connectivity index (χ2n) is 5.39. The number of benzene rings is 2. The zero-order valence-corrected chi connectivity index (χ0v) is 13.8. The summed E-state index contributed by atoms with van der Waals surface area (Å²) in [4.78, 5) is 23.8. The summed E-state index contributed by atoms with van der Waals surface area (Å²) < 4.78 is 5.27. The van der Waals surface area contributed by atoms with E-state index >= 15 is 0 Å². The van der Waals surface area contributed by atoms with Crippen molar-refractivity contribution in [3.8, 4) is 0 Å². The molecular weight excluding hydrogens is 314 g/mol. The number of carbonyl (C=O) groups excluding carboxylic acids is 2. The van der Waals surface area contributed by atoms with E-state index in [4.69, 9.17) is 16.3 Å². The van der Waals surface area contributed by atoms with E-state index in [2.05, 4.69) is 5.32 Å². The fourth-order valence-electron chi connectivity index (χ4n) is 1.85. The Morgan fingerprint density at radius 1 is 1.13 bits per heavy atom. The molecule has 2 aromatic rings. The molecule has 2 rings (SSSR count). The van der Waals surface area contributed by atoms with Crippen LogP contribution in [0.2, 0.25) is 5.02 Å². The minimum atomic E-state index is -0.467. The number of hydrogen-bond donors (Lipinski definition) is 1. The molecule has 0 unspecified atom stereocenters. The van der Waals surface area contributed by atoms with Crippen LogP contribution in [0.1, 0.15) is 29.8 Å². The summed E-state index contributed by atoms with van der Waals surface area (Å²) in [7, 11) is 0. The highest BCUT2D eigenvalue weighted by Gasteiger charge is 2.11. The number of hydrogen-bond acceptors (Lipinski definition) is 3. The molecule has 0 radical (unpaired) electrons. The lowest BCUT2D eigenvalue weighted by Gasteiger charge is -2.10. The first kappa shape index (κ1) is 17.0. The largest absolute Gasteiger partial charge is 0.457 e. The van der Waals surface area contributed by atoms with E-state index in [1.54, 1.807) is 50.2 Å². The Bertz CT molecular complexity index is 713. The lowest BCUT2D eigenvalue weighted by molar-refractivity contribution is -0.118. The summed E-state index contributed by atoms with van der Waals surface area (Å²) in [5.41, 5.74) is 1.68. The fraction of sp³-hybridized carbons (Fsp3) is 0.222. The molecule has 2 aromatic carbocycles. The highest BCUT2D eigenvalue weighted by atomic mass is 35.5. The van der Waals surface area contributed by atoms with Crippen LogP contribution < -0.4 is 5.32 Å². The molecule has 0 heterocycles. The van der Waals surface area contributed by atoms with Crippen LogP contribution in [-0.4, -0.2) is 11.9 Å². The van der Waals surface area contributed by atoms with Crippen LogP contribution >= 0.6 is 11.6 Å². The predicted molar refractivity (Wildman–Crippen MR) is 90.5 cm³/mol. The average molecular weight is 332 g/mol. The summed E-state index contributed by atoms with van der Waals surface area (Å²) >= 11 is 6.03. The van der Waals surface area contributed by atoms with Gasteiger partial charge < -0.3 is 10.1 Å². The van der Waals surface area contributed by atoms with Crippen LogP contribution in [0.3, 0.4) is 0 Å². The molecule has 0 bridgehead atoms. The highest BCUT2D eigenvalue weighted by molar-refractivity contribution is 6.31. The molecule has 5 heteroatoms. The number of esters is 1. The summed E-state index contributed by atoms with van der Waals surface area (Å²) in [6, 6.07) is 13.8. The van der Waals surface area contributed by atoms with Crippen molar-refractivity contribution in [2.24, 2.45) is 5.92 Å². The number of halogens is 1. The van der Waals surface area contributed by atoms with Gasteiger partial charge in [-0.15, -0.1) is 0 Å². The van der Waals surface area contributed by atoms with E-state index < -0.39 is 5.97 Å². The molecule has 0 spiro atoms. The first-order valence-corrected chi connectivity index (χ1v) is 7.66. The maximum Gasteiger partial charge on any atom is 0.338 e. The zero-order valence-electron chi connectivity index (χ0n) is 13.0. The van der Waals surface area contributed by atoms with Crippen molar-refractivity contribution < 1.29 is 14.3 Å². The van der Waals surface area contributed by atoms with Crippen LogP contribution in [0.5, 0.6) is 0 Å². The van der Waals surface area contributed by atoms with E-state index in [1.165, 1.54) is 0 Å². The second-order valence-corrected chi connectivity index (χ2v) is 5.80. The molecule has 0 aliphatic heterocycles. The Labute approximate surface area is 140 Å². The number of rotatable bonds is 5. The third-order valence-electron chi connectivity index (χ3n) is 3.21. The summed E-state index contributed by atoms with van der Waals surface area (Å²) in [5.74, 6) is -0.706. The SMILES string of the molecule is CC(C)C(=O)Nc1cccc(C(=O)OCc2ccccc2Cl)c1. The van der Waals surface area contributed by atoms with Crippen molar-refractivity contribution in [1.29, 1.82) is 0 Å². The molecule has 0 aliphatic carbocycles. The minimum absolute atomic E-state index is 0.0983. The van der Waals surface area contributed by atoms with Crippen molar-refractivity contribution >= 4 is 29.2 Å². The third-order valence-corrected chi connectivity index (χ3v) is 3.58. The summed E-state index contributed by atoms with van der Waals surface area (Å²) in [6.07, 6.45) is 0. The van der Waals surface area contributed by atoms with E-state index in [1.807, 2.05) is 12.1 Å². The van der Waals surface area contributed by atoms with Crippen LogP contribution in [0, 0.1) is 5.92 Å². The van der Waals surface area contributed by atoms with Gasteiger partial charge in [0.1, 0.15) is 6.61 Å². The number of amides is 1. The van der Waals surface area contributed by atoms with Crippen molar-refractivity contribution in [1.82, 2.24) is 0 Å². The number of anilines is 1. The number of nitrogens with one attached hydrogen (secondary N) is 1. The van der Waals surface area contributed by atoms with E-state index in [-0.39, 0.29) is 18.4 Å². The molecule has 0 aromatic heterocycles. The van der Waals surface area contributed by atoms with Gasteiger partial charge in [-0.1, -0.05) is 49.7 Å². The summed E-state index contributed by atoms with van der Waals surface area (Å²) in [6.45, 7) is 3.70.